The molecule has 0 aromatic carbocycles. The van der Waals surface area contributed by atoms with Crippen LogP contribution in [0.4, 0.5) is 0 Å². The van der Waals surface area contributed by atoms with E-state index in [0.717, 1.165) is 51.6 Å². The number of amidine groups is 1. The second kappa shape index (κ2) is 12.5. The lowest BCUT2D eigenvalue weighted by atomic mass is 10.3. The summed E-state index contributed by atoms with van der Waals surface area (Å²) < 4.78 is 10.5. The summed E-state index contributed by atoms with van der Waals surface area (Å²) in [4.78, 5) is 4.47. The van der Waals surface area contributed by atoms with Gasteiger partial charge in [-0.1, -0.05) is 6.92 Å². The van der Waals surface area contributed by atoms with Crippen molar-refractivity contribution in [1.29, 1.82) is 0 Å². The maximum Gasteiger partial charge on any atom is 0.0964 e. The first-order valence-electron chi connectivity index (χ1n) is 6.27. The molecule has 4 nitrogen and oxygen atoms in total. The van der Waals surface area contributed by atoms with Crippen molar-refractivity contribution in [3.63, 3.8) is 0 Å². The van der Waals surface area contributed by atoms with E-state index in [9.17, 15) is 0 Å². The summed E-state index contributed by atoms with van der Waals surface area (Å²) in [5, 5.41) is 3.30. The number of aliphatic imine (C=N–C) groups is 1. The molecule has 0 aromatic heterocycles. The molecule has 0 bridgehead atoms. The monoisotopic (exact) mass is 230 g/mol. The lowest BCUT2D eigenvalue weighted by molar-refractivity contribution is 0.152. The Morgan fingerprint density at radius 1 is 1.06 bits per heavy atom. The molecule has 0 saturated heterocycles. The van der Waals surface area contributed by atoms with Gasteiger partial charge in [-0.25, -0.2) is 0 Å². The molecule has 16 heavy (non-hydrogen) atoms. The van der Waals surface area contributed by atoms with E-state index in [1.54, 1.807) is 0 Å². The topological polar surface area (TPSA) is 42.8 Å². The smallest absolute Gasteiger partial charge is 0.0964 e. The van der Waals surface area contributed by atoms with Gasteiger partial charge in [-0.2, -0.15) is 0 Å². The fourth-order valence-electron chi connectivity index (χ4n) is 1.26. The maximum atomic E-state index is 5.26. The molecule has 0 aliphatic rings. The van der Waals surface area contributed by atoms with E-state index in [-0.39, 0.29) is 0 Å². The van der Waals surface area contributed by atoms with E-state index in [1.807, 2.05) is 13.8 Å². The highest BCUT2D eigenvalue weighted by Gasteiger charge is 1.96. The molecule has 0 unspecified atom stereocenters. The van der Waals surface area contributed by atoms with Crippen LogP contribution in [0, 0.1) is 0 Å². The fraction of sp³-hybridized carbons (Fsp3) is 0.917. The maximum absolute atomic E-state index is 5.26. The second-order valence-electron chi connectivity index (χ2n) is 3.40. The van der Waals surface area contributed by atoms with E-state index in [0.29, 0.717) is 6.61 Å². The van der Waals surface area contributed by atoms with E-state index < -0.39 is 0 Å². The molecule has 0 atom stereocenters. The van der Waals surface area contributed by atoms with Gasteiger partial charge in [-0.05, 0) is 20.3 Å². The number of hydrogen-bond acceptors (Lipinski definition) is 3. The van der Waals surface area contributed by atoms with Gasteiger partial charge in [0.15, 0.2) is 0 Å². The van der Waals surface area contributed by atoms with Crippen molar-refractivity contribution < 1.29 is 9.47 Å². The first-order valence-corrected chi connectivity index (χ1v) is 6.27. The summed E-state index contributed by atoms with van der Waals surface area (Å²) >= 11 is 0. The number of rotatable bonds is 10. The molecule has 0 amide bonds. The molecule has 4 heteroatoms. The van der Waals surface area contributed by atoms with Crippen LogP contribution in [0.3, 0.4) is 0 Å². The van der Waals surface area contributed by atoms with Gasteiger partial charge in [0.2, 0.25) is 0 Å². The number of nitrogens with zero attached hydrogens (tertiary/aromatic N) is 1. The zero-order valence-corrected chi connectivity index (χ0v) is 10.9. The van der Waals surface area contributed by atoms with Crippen molar-refractivity contribution >= 4 is 5.84 Å². The molecule has 0 heterocycles. The van der Waals surface area contributed by atoms with Crippen LogP contribution in [0.25, 0.3) is 0 Å². The molecule has 0 saturated carbocycles. The molecule has 0 rings (SSSR count). The quantitative estimate of drug-likeness (QED) is 0.354. The van der Waals surface area contributed by atoms with Crippen molar-refractivity contribution in [1.82, 2.24) is 5.32 Å². The van der Waals surface area contributed by atoms with Crippen LogP contribution < -0.4 is 5.32 Å². The molecular formula is C12H26N2O2. The van der Waals surface area contributed by atoms with E-state index in [4.69, 9.17) is 9.47 Å². The Bertz CT molecular complexity index is 172. The van der Waals surface area contributed by atoms with Gasteiger partial charge in [-0.15, -0.1) is 0 Å². The highest BCUT2D eigenvalue weighted by atomic mass is 16.5. The number of hydrogen-bond donors (Lipinski definition) is 1. The highest BCUT2D eigenvalue weighted by Crippen LogP contribution is 1.90. The van der Waals surface area contributed by atoms with E-state index in [2.05, 4.69) is 17.2 Å². The summed E-state index contributed by atoms with van der Waals surface area (Å²) in [6, 6.07) is 0. The number of nitrogens with one attached hydrogen (secondary N) is 1. The summed E-state index contributed by atoms with van der Waals surface area (Å²) in [6.07, 6.45) is 2.10. The summed E-state index contributed by atoms with van der Waals surface area (Å²) in [5.74, 6) is 1.07. The third-order valence-corrected chi connectivity index (χ3v) is 2.01. The largest absolute Gasteiger partial charge is 0.380 e. The number of ether oxygens (including phenoxy) is 2. The average molecular weight is 230 g/mol. The molecule has 0 fully saturated rings. The van der Waals surface area contributed by atoms with Crippen molar-refractivity contribution in [3.8, 4) is 0 Å². The predicted octanol–water partition coefficient (Wildman–Crippen LogP) is 1.85. The molecule has 0 radical (unpaired) electrons. The fourth-order valence-corrected chi connectivity index (χ4v) is 1.26. The molecule has 96 valence electrons. The molecule has 0 aromatic rings. The van der Waals surface area contributed by atoms with Gasteiger partial charge in [0.25, 0.3) is 0 Å². The van der Waals surface area contributed by atoms with Crippen molar-refractivity contribution in [2.24, 2.45) is 4.99 Å². The van der Waals surface area contributed by atoms with Crippen molar-refractivity contribution in [2.45, 2.75) is 33.6 Å². The molecular weight excluding hydrogens is 204 g/mol. The van der Waals surface area contributed by atoms with Gasteiger partial charge in [0, 0.05) is 26.2 Å². The minimum atomic E-state index is 0.705. The molecule has 0 aliphatic carbocycles. The summed E-state index contributed by atoms with van der Waals surface area (Å²) in [6.45, 7) is 10.7. The van der Waals surface area contributed by atoms with Crippen LogP contribution in [0.15, 0.2) is 4.99 Å². The predicted molar refractivity (Wildman–Crippen MR) is 68.2 cm³/mol. The first-order chi connectivity index (χ1) is 7.85. The Morgan fingerprint density at radius 3 is 2.38 bits per heavy atom. The SMILES string of the molecule is CCCC(=NCCOCC)NCCOCC. The van der Waals surface area contributed by atoms with Gasteiger partial charge in [0.1, 0.15) is 0 Å². The Labute approximate surface area is 99.4 Å². The van der Waals surface area contributed by atoms with Crippen LogP contribution in [0.5, 0.6) is 0 Å². The summed E-state index contributed by atoms with van der Waals surface area (Å²) in [5.41, 5.74) is 0. The van der Waals surface area contributed by atoms with E-state index >= 15 is 0 Å². The molecule has 0 spiro atoms. The zero-order valence-electron chi connectivity index (χ0n) is 10.9. The Kier molecular flexibility index (Phi) is 12.0. The lowest BCUT2D eigenvalue weighted by Gasteiger charge is -2.09. The van der Waals surface area contributed by atoms with Gasteiger partial charge >= 0.3 is 0 Å². The van der Waals surface area contributed by atoms with Crippen molar-refractivity contribution in [3.05, 3.63) is 0 Å². The minimum absolute atomic E-state index is 0.705. The van der Waals surface area contributed by atoms with Crippen LogP contribution in [0.2, 0.25) is 0 Å². The minimum Gasteiger partial charge on any atom is -0.380 e. The van der Waals surface area contributed by atoms with Gasteiger partial charge < -0.3 is 14.8 Å². The van der Waals surface area contributed by atoms with Gasteiger partial charge in [-0.3, -0.25) is 4.99 Å². The van der Waals surface area contributed by atoms with Gasteiger partial charge in [0.05, 0.1) is 25.6 Å². The van der Waals surface area contributed by atoms with Crippen LogP contribution in [0.1, 0.15) is 33.6 Å². The van der Waals surface area contributed by atoms with Crippen molar-refractivity contribution in [2.75, 3.05) is 39.5 Å². The Morgan fingerprint density at radius 2 is 1.75 bits per heavy atom. The molecule has 1 N–H and O–H groups in total. The summed E-state index contributed by atoms with van der Waals surface area (Å²) in [7, 11) is 0. The zero-order chi connectivity index (χ0) is 12.1. The Balaban J connectivity index is 3.67. The normalized spacial score (nSPS) is 11.8. The third kappa shape index (κ3) is 9.93. The molecule has 0 aliphatic heterocycles. The van der Waals surface area contributed by atoms with Crippen LogP contribution in [-0.2, 0) is 9.47 Å². The van der Waals surface area contributed by atoms with Crippen LogP contribution >= 0.6 is 0 Å². The average Bonchev–Trinajstić information content (AvgIpc) is 2.30. The second-order valence-corrected chi connectivity index (χ2v) is 3.40. The standard InChI is InChI=1S/C12H26N2O2/c1-4-7-12(13-8-10-15-5-2)14-9-11-16-6-3/h4-11H2,1-3H3,(H,13,14). The Hall–Kier alpha value is -0.610. The van der Waals surface area contributed by atoms with E-state index in [1.165, 1.54) is 0 Å². The lowest BCUT2D eigenvalue weighted by Crippen LogP contribution is -2.27. The first kappa shape index (κ1) is 15.4. The highest BCUT2D eigenvalue weighted by molar-refractivity contribution is 5.82. The third-order valence-electron chi connectivity index (χ3n) is 2.01. The van der Waals surface area contributed by atoms with Crippen LogP contribution in [-0.4, -0.2) is 45.4 Å².